The number of aromatic nitrogens is 2. The van der Waals surface area contributed by atoms with Gasteiger partial charge in [0.05, 0.1) is 24.7 Å². The van der Waals surface area contributed by atoms with Gasteiger partial charge in [-0.15, -0.1) is 0 Å². The summed E-state index contributed by atoms with van der Waals surface area (Å²) in [4.78, 5) is 6.75. The van der Waals surface area contributed by atoms with E-state index in [1.807, 2.05) is 6.92 Å². The van der Waals surface area contributed by atoms with Crippen LogP contribution >= 0.6 is 0 Å². The Morgan fingerprint density at radius 3 is 2.79 bits per heavy atom. The Balaban J connectivity index is 1.56. The predicted molar refractivity (Wildman–Crippen MR) is 87.8 cm³/mol. The largest absolute Gasteiger partial charge is 0.389 e. The second kappa shape index (κ2) is 8.38. The summed E-state index contributed by atoms with van der Waals surface area (Å²) < 4.78 is 16.6. The molecule has 1 aromatic rings. The molecule has 0 aromatic carbocycles. The van der Waals surface area contributed by atoms with E-state index >= 15 is 0 Å². The van der Waals surface area contributed by atoms with Crippen molar-refractivity contribution in [1.29, 1.82) is 0 Å². The fourth-order valence-corrected chi connectivity index (χ4v) is 4.00. The normalized spacial score (nSPS) is 28.1. The van der Waals surface area contributed by atoms with Crippen LogP contribution in [0.25, 0.3) is 0 Å². The zero-order chi connectivity index (χ0) is 16.9. The number of nitrogens with zero attached hydrogens (tertiary/aromatic N) is 3. The van der Waals surface area contributed by atoms with Crippen LogP contribution in [0, 0.1) is 12.8 Å². The molecule has 1 N–H and O–H groups in total. The Labute approximate surface area is 143 Å². The number of likely N-dealkylation sites (tertiary alicyclic amines) is 1. The molecular formula is C17H29N3O4. The van der Waals surface area contributed by atoms with E-state index in [0.717, 1.165) is 51.3 Å². The smallest absolute Gasteiger partial charge is 0.232 e. The number of piperidine rings is 1. The van der Waals surface area contributed by atoms with E-state index in [1.165, 1.54) is 0 Å². The molecule has 3 heterocycles. The lowest BCUT2D eigenvalue weighted by Gasteiger charge is -2.40. The number of aliphatic hydroxyl groups excluding tert-OH is 1. The Morgan fingerprint density at radius 1 is 1.33 bits per heavy atom. The number of rotatable bonds is 6. The summed E-state index contributed by atoms with van der Waals surface area (Å²) in [6.07, 6.45) is 4.02. The van der Waals surface area contributed by atoms with Crippen LogP contribution in [0.2, 0.25) is 0 Å². The Morgan fingerprint density at radius 2 is 2.12 bits per heavy atom. The molecule has 0 saturated carbocycles. The minimum atomic E-state index is -0.411. The molecule has 7 heteroatoms. The van der Waals surface area contributed by atoms with Gasteiger partial charge in [-0.2, -0.15) is 4.98 Å². The van der Waals surface area contributed by atoms with Crippen molar-refractivity contribution in [3.8, 4) is 0 Å². The van der Waals surface area contributed by atoms with E-state index in [2.05, 4.69) is 15.0 Å². The Kier molecular flexibility index (Phi) is 6.21. The second-order valence-electron chi connectivity index (χ2n) is 7.01. The highest BCUT2D eigenvalue weighted by Crippen LogP contribution is 2.37. The van der Waals surface area contributed by atoms with Gasteiger partial charge in [-0.25, -0.2) is 0 Å². The molecule has 0 aliphatic carbocycles. The molecule has 0 bridgehead atoms. The van der Waals surface area contributed by atoms with Crippen molar-refractivity contribution in [1.82, 2.24) is 15.0 Å². The van der Waals surface area contributed by atoms with Crippen LogP contribution < -0.4 is 0 Å². The van der Waals surface area contributed by atoms with Gasteiger partial charge < -0.3 is 24.0 Å². The maximum atomic E-state index is 9.89. The van der Waals surface area contributed by atoms with Gasteiger partial charge in [-0.1, -0.05) is 5.16 Å². The van der Waals surface area contributed by atoms with Crippen molar-refractivity contribution in [2.24, 2.45) is 5.92 Å². The van der Waals surface area contributed by atoms with Crippen LogP contribution in [-0.4, -0.2) is 72.3 Å². The minimum Gasteiger partial charge on any atom is -0.389 e. The van der Waals surface area contributed by atoms with Gasteiger partial charge in [0.15, 0.2) is 5.82 Å². The molecule has 136 valence electrons. The molecule has 2 aliphatic rings. The zero-order valence-electron chi connectivity index (χ0n) is 14.7. The van der Waals surface area contributed by atoms with Crippen molar-refractivity contribution in [2.45, 2.75) is 50.7 Å². The van der Waals surface area contributed by atoms with Gasteiger partial charge >= 0.3 is 0 Å². The summed E-state index contributed by atoms with van der Waals surface area (Å²) in [6.45, 7) is 5.72. The first-order chi connectivity index (χ1) is 11.7. The summed E-state index contributed by atoms with van der Waals surface area (Å²) in [5.41, 5.74) is 0. The highest BCUT2D eigenvalue weighted by atomic mass is 16.5. The molecule has 2 saturated heterocycles. The molecule has 7 nitrogen and oxygen atoms in total. The van der Waals surface area contributed by atoms with Crippen LogP contribution in [0.1, 0.15) is 43.3 Å². The molecule has 3 atom stereocenters. The fourth-order valence-electron chi connectivity index (χ4n) is 4.00. The zero-order valence-corrected chi connectivity index (χ0v) is 14.7. The van der Waals surface area contributed by atoms with E-state index in [-0.39, 0.29) is 12.0 Å². The van der Waals surface area contributed by atoms with Gasteiger partial charge in [0, 0.05) is 20.3 Å². The summed E-state index contributed by atoms with van der Waals surface area (Å²) in [5, 5.41) is 13.8. The maximum absolute atomic E-state index is 9.89. The van der Waals surface area contributed by atoms with Gasteiger partial charge in [-0.3, -0.25) is 0 Å². The monoisotopic (exact) mass is 339 g/mol. The summed E-state index contributed by atoms with van der Waals surface area (Å²) in [5.74, 6) is 2.15. The molecular weight excluding hydrogens is 310 g/mol. The number of β-amino-alcohol motifs (C(OH)–C–C–N with tert-alkyl or cyclic N) is 1. The third-order valence-corrected chi connectivity index (χ3v) is 5.15. The minimum absolute atomic E-state index is 0.171. The fraction of sp³-hybridized carbons (Fsp3) is 0.882. The maximum Gasteiger partial charge on any atom is 0.232 e. The average Bonchev–Trinajstić information content (AvgIpc) is 3.02. The van der Waals surface area contributed by atoms with Crippen molar-refractivity contribution in [2.75, 3.05) is 40.0 Å². The van der Waals surface area contributed by atoms with E-state index < -0.39 is 6.10 Å². The van der Waals surface area contributed by atoms with Gasteiger partial charge in [0.25, 0.3) is 0 Å². The molecule has 0 unspecified atom stereocenters. The molecule has 0 amide bonds. The molecule has 24 heavy (non-hydrogen) atoms. The van der Waals surface area contributed by atoms with E-state index in [0.29, 0.717) is 24.9 Å². The molecule has 0 spiro atoms. The standard InChI is InChI=1S/C17H29N3O4/c1-12-18-17(24-19-12)15-4-3-9-23-16(15)13-5-7-20(8-6-13)10-14(21)11-22-2/h13-16,21H,3-11H2,1-2H3/t14-,15-,16+/m1/s1. The van der Waals surface area contributed by atoms with E-state index in [4.69, 9.17) is 14.0 Å². The molecule has 3 rings (SSSR count). The van der Waals surface area contributed by atoms with Crippen molar-refractivity contribution < 1.29 is 19.1 Å². The number of aliphatic hydroxyl groups is 1. The lowest BCUT2D eigenvalue weighted by atomic mass is 9.80. The first-order valence-corrected chi connectivity index (χ1v) is 8.98. The Bertz CT molecular complexity index is 502. The lowest BCUT2D eigenvalue weighted by Crippen LogP contribution is -2.45. The third kappa shape index (κ3) is 4.33. The summed E-state index contributed by atoms with van der Waals surface area (Å²) in [6, 6.07) is 0. The van der Waals surface area contributed by atoms with E-state index in [1.54, 1.807) is 7.11 Å². The first kappa shape index (κ1) is 17.8. The second-order valence-corrected chi connectivity index (χ2v) is 7.01. The lowest BCUT2D eigenvalue weighted by molar-refractivity contribution is -0.0611. The van der Waals surface area contributed by atoms with E-state index in [9.17, 15) is 5.11 Å². The average molecular weight is 339 g/mol. The number of ether oxygens (including phenoxy) is 2. The predicted octanol–water partition coefficient (Wildman–Crippen LogP) is 1.36. The highest BCUT2D eigenvalue weighted by molar-refractivity contribution is 5.01. The Hall–Kier alpha value is -1.02. The molecule has 1 aromatic heterocycles. The van der Waals surface area contributed by atoms with Crippen LogP contribution in [0.3, 0.4) is 0 Å². The number of methoxy groups -OCH3 is 1. The van der Waals surface area contributed by atoms with Crippen LogP contribution in [-0.2, 0) is 9.47 Å². The van der Waals surface area contributed by atoms with Gasteiger partial charge in [0.1, 0.15) is 0 Å². The molecule has 2 fully saturated rings. The number of hydrogen-bond donors (Lipinski definition) is 1. The van der Waals surface area contributed by atoms with Crippen molar-refractivity contribution >= 4 is 0 Å². The van der Waals surface area contributed by atoms with Crippen LogP contribution in [0.4, 0.5) is 0 Å². The highest BCUT2D eigenvalue weighted by Gasteiger charge is 2.38. The summed E-state index contributed by atoms with van der Waals surface area (Å²) in [7, 11) is 1.62. The molecule has 2 aliphatic heterocycles. The topological polar surface area (TPSA) is 80.9 Å². The van der Waals surface area contributed by atoms with Crippen molar-refractivity contribution in [3.05, 3.63) is 11.7 Å². The first-order valence-electron chi connectivity index (χ1n) is 8.98. The van der Waals surface area contributed by atoms with Crippen LogP contribution in [0.5, 0.6) is 0 Å². The van der Waals surface area contributed by atoms with Gasteiger partial charge in [-0.05, 0) is 51.6 Å². The number of hydrogen-bond acceptors (Lipinski definition) is 7. The summed E-state index contributed by atoms with van der Waals surface area (Å²) >= 11 is 0. The van der Waals surface area contributed by atoms with Gasteiger partial charge in [0.2, 0.25) is 5.89 Å². The quantitative estimate of drug-likeness (QED) is 0.838. The third-order valence-electron chi connectivity index (χ3n) is 5.15. The van der Waals surface area contributed by atoms with Crippen LogP contribution in [0.15, 0.2) is 4.52 Å². The molecule has 0 radical (unpaired) electrons. The number of aryl methyl sites for hydroxylation is 1. The SMILES string of the molecule is COC[C@H](O)CN1CCC([C@@H]2OCCC[C@H]2c2nc(C)no2)CC1. The van der Waals surface area contributed by atoms with Crippen molar-refractivity contribution in [3.63, 3.8) is 0 Å².